The molecule has 0 unspecified atom stereocenters. The first-order valence-corrected chi connectivity index (χ1v) is 10.2. The minimum Gasteiger partial charge on any atom is -0.382 e. The number of nitrogens with one attached hydrogen (secondary N) is 1. The zero-order valence-electron chi connectivity index (χ0n) is 15.8. The van der Waals surface area contributed by atoms with Crippen molar-refractivity contribution in [2.75, 3.05) is 10.5 Å². The van der Waals surface area contributed by atoms with E-state index in [2.05, 4.69) is 34.9 Å². The molecule has 0 atom stereocenters. The SMILES string of the molecule is Cc1ccc2cnc(N)c(N=Nc3ccc(S(=O)(=O)Nc4ncccn4)cn3)c2c1. The van der Waals surface area contributed by atoms with Crippen LogP contribution in [0.1, 0.15) is 5.56 Å². The van der Waals surface area contributed by atoms with Gasteiger partial charge in [0.25, 0.3) is 10.0 Å². The predicted molar refractivity (Wildman–Crippen MR) is 112 cm³/mol. The van der Waals surface area contributed by atoms with Crippen molar-refractivity contribution in [3.05, 3.63) is 66.7 Å². The Hall–Kier alpha value is -3.99. The van der Waals surface area contributed by atoms with E-state index in [0.29, 0.717) is 5.69 Å². The fourth-order valence-corrected chi connectivity index (χ4v) is 3.56. The molecule has 0 aliphatic carbocycles. The van der Waals surface area contributed by atoms with Gasteiger partial charge in [-0.3, -0.25) is 0 Å². The summed E-state index contributed by atoms with van der Waals surface area (Å²) in [5.74, 6) is 0.424. The summed E-state index contributed by atoms with van der Waals surface area (Å²) < 4.78 is 27.1. The van der Waals surface area contributed by atoms with E-state index in [4.69, 9.17) is 5.73 Å². The third-order valence-electron chi connectivity index (χ3n) is 4.12. The molecule has 3 heterocycles. The molecule has 0 saturated carbocycles. The molecule has 3 N–H and O–H groups in total. The molecule has 0 fully saturated rings. The molecule has 1 aromatic carbocycles. The van der Waals surface area contributed by atoms with Crippen LogP contribution in [0.3, 0.4) is 0 Å². The average molecular weight is 420 g/mol. The van der Waals surface area contributed by atoms with Gasteiger partial charge < -0.3 is 5.73 Å². The van der Waals surface area contributed by atoms with Crippen LogP contribution in [0.4, 0.5) is 23.3 Å². The number of sulfonamides is 1. The zero-order chi connectivity index (χ0) is 21.1. The van der Waals surface area contributed by atoms with Crippen LogP contribution in [0.2, 0.25) is 0 Å². The Morgan fingerprint density at radius 1 is 0.967 bits per heavy atom. The summed E-state index contributed by atoms with van der Waals surface area (Å²) in [5.41, 5.74) is 7.45. The summed E-state index contributed by atoms with van der Waals surface area (Å²) >= 11 is 0. The molecule has 4 aromatic rings. The van der Waals surface area contributed by atoms with Gasteiger partial charge in [-0.25, -0.2) is 33.1 Å². The zero-order valence-corrected chi connectivity index (χ0v) is 16.6. The summed E-state index contributed by atoms with van der Waals surface area (Å²) in [6, 6.07) is 10.2. The third kappa shape index (κ3) is 4.05. The van der Waals surface area contributed by atoms with Crippen LogP contribution in [0, 0.1) is 6.92 Å². The van der Waals surface area contributed by atoms with Gasteiger partial charge in [-0.15, -0.1) is 10.2 Å². The molecule has 0 spiro atoms. The first-order chi connectivity index (χ1) is 14.4. The van der Waals surface area contributed by atoms with Crippen LogP contribution in [-0.2, 0) is 10.0 Å². The first kappa shape index (κ1) is 19.3. The number of aromatic nitrogens is 4. The van der Waals surface area contributed by atoms with Crippen LogP contribution < -0.4 is 10.5 Å². The van der Waals surface area contributed by atoms with E-state index in [0.717, 1.165) is 16.3 Å². The van der Waals surface area contributed by atoms with E-state index in [1.165, 1.54) is 30.7 Å². The number of nitrogens with zero attached hydrogens (tertiary/aromatic N) is 6. The Kier molecular flexibility index (Phi) is 5.02. The van der Waals surface area contributed by atoms with Crippen molar-refractivity contribution in [2.45, 2.75) is 11.8 Å². The molecule has 11 heteroatoms. The van der Waals surface area contributed by atoms with E-state index in [9.17, 15) is 8.42 Å². The van der Waals surface area contributed by atoms with Crippen molar-refractivity contribution in [3.63, 3.8) is 0 Å². The molecular formula is C19H16N8O2S. The lowest BCUT2D eigenvalue weighted by atomic mass is 10.1. The van der Waals surface area contributed by atoms with E-state index < -0.39 is 10.0 Å². The van der Waals surface area contributed by atoms with E-state index >= 15 is 0 Å². The normalized spacial score (nSPS) is 11.8. The third-order valence-corrected chi connectivity index (χ3v) is 5.44. The molecule has 0 aliphatic heterocycles. The second-order valence-corrected chi connectivity index (χ2v) is 8.00. The lowest BCUT2D eigenvalue weighted by Crippen LogP contribution is -2.14. The molecule has 3 aromatic heterocycles. The highest BCUT2D eigenvalue weighted by molar-refractivity contribution is 7.92. The number of azo groups is 1. The van der Waals surface area contributed by atoms with Gasteiger partial charge in [0.1, 0.15) is 10.6 Å². The molecule has 0 bridgehead atoms. The Morgan fingerprint density at radius 2 is 1.77 bits per heavy atom. The molecule has 0 radical (unpaired) electrons. The van der Waals surface area contributed by atoms with Gasteiger partial charge in [-0.1, -0.05) is 17.7 Å². The molecule has 150 valence electrons. The fraction of sp³-hybridized carbons (Fsp3) is 0.0526. The standard InChI is InChI=1S/C19H16N8O2S/c1-12-3-4-13-10-24-18(20)17(15(13)9-12)26-25-16-6-5-14(11-23-16)30(28,29)27-19-21-7-2-8-22-19/h2-11H,1H3,(H2,20,24)(H,21,22,27). The summed E-state index contributed by atoms with van der Waals surface area (Å²) in [4.78, 5) is 15.8. The van der Waals surface area contributed by atoms with Crippen LogP contribution >= 0.6 is 0 Å². The maximum atomic E-state index is 12.4. The maximum Gasteiger partial charge on any atom is 0.265 e. The van der Waals surface area contributed by atoms with Crippen LogP contribution in [0.5, 0.6) is 0 Å². The lowest BCUT2D eigenvalue weighted by Gasteiger charge is -2.06. The number of pyridine rings is 2. The van der Waals surface area contributed by atoms with Gasteiger partial charge in [0.05, 0.1) is 0 Å². The topological polar surface area (TPSA) is 148 Å². The molecule has 0 amide bonds. The quantitative estimate of drug-likeness (QED) is 0.469. The molecule has 10 nitrogen and oxygen atoms in total. The second-order valence-electron chi connectivity index (χ2n) is 6.31. The maximum absolute atomic E-state index is 12.4. The molecule has 0 saturated heterocycles. The van der Waals surface area contributed by atoms with Crippen LogP contribution in [0.15, 0.2) is 76.3 Å². The number of aryl methyl sites for hydroxylation is 1. The fourth-order valence-electron chi connectivity index (χ4n) is 2.65. The molecular weight excluding hydrogens is 404 g/mol. The summed E-state index contributed by atoms with van der Waals surface area (Å²) in [6.45, 7) is 1.96. The van der Waals surface area contributed by atoms with Crippen molar-refractivity contribution in [1.29, 1.82) is 0 Å². The van der Waals surface area contributed by atoms with Gasteiger partial charge in [0.15, 0.2) is 11.6 Å². The number of rotatable bonds is 5. The Bertz CT molecular complexity index is 1340. The molecule has 30 heavy (non-hydrogen) atoms. The number of hydrogen-bond donors (Lipinski definition) is 2. The van der Waals surface area contributed by atoms with Gasteiger partial charge in [0.2, 0.25) is 5.95 Å². The molecule has 0 aliphatic rings. The van der Waals surface area contributed by atoms with Crippen LogP contribution in [0.25, 0.3) is 10.8 Å². The van der Waals surface area contributed by atoms with Gasteiger partial charge >= 0.3 is 0 Å². The summed E-state index contributed by atoms with van der Waals surface area (Å²) in [5, 5.41) is 9.97. The highest BCUT2D eigenvalue weighted by Gasteiger charge is 2.16. The monoisotopic (exact) mass is 420 g/mol. The summed E-state index contributed by atoms with van der Waals surface area (Å²) in [6.07, 6.45) is 5.71. The first-order valence-electron chi connectivity index (χ1n) is 8.75. The average Bonchev–Trinajstić information content (AvgIpc) is 2.74. The summed E-state index contributed by atoms with van der Waals surface area (Å²) in [7, 11) is -3.88. The number of nitrogens with two attached hydrogens (primary N) is 1. The Morgan fingerprint density at radius 3 is 2.50 bits per heavy atom. The Labute approximate surface area is 172 Å². The van der Waals surface area contributed by atoms with Crippen molar-refractivity contribution < 1.29 is 8.42 Å². The van der Waals surface area contributed by atoms with Crippen LogP contribution in [-0.4, -0.2) is 28.4 Å². The van der Waals surface area contributed by atoms with Crippen molar-refractivity contribution in [1.82, 2.24) is 19.9 Å². The largest absolute Gasteiger partial charge is 0.382 e. The number of benzene rings is 1. The van der Waals surface area contributed by atoms with Crippen molar-refractivity contribution >= 4 is 44.1 Å². The minimum atomic E-state index is -3.88. The predicted octanol–water partition coefficient (Wildman–Crippen LogP) is 3.53. The minimum absolute atomic E-state index is 0.0320. The number of fused-ring (bicyclic) bond motifs is 1. The van der Waals surface area contributed by atoms with Gasteiger partial charge in [0, 0.05) is 35.6 Å². The number of hydrogen-bond acceptors (Lipinski definition) is 9. The van der Waals surface area contributed by atoms with E-state index in [1.807, 2.05) is 25.1 Å². The molecule has 4 rings (SSSR count). The smallest absolute Gasteiger partial charge is 0.265 e. The lowest BCUT2D eigenvalue weighted by molar-refractivity contribution is 0.600. The Balaban J connectivity index is 1.60. The van der Waals surface area contributed by atoms with Crippen molar-refractivity contribution in [3.8, 4) is 0 Å². The van der Waals surface area contributed by atoms with Gasteiger partial charge in [-0.2, -0.15) is 0 Å². The van der Waals surface area contributed by atoms with E-state index in [1.54, 1.807) is 12.3 Å². The number of nitrogen functional groups attached to an aromatic ring is 1. The van der Waals surface area contributed by atoms with Gasteiger partial charge in [-0.05, 0) is 31.2 Å². The second kappa shape index (κ2) is 7.79. The van der Waals surface area contributed by atoms with E-state index in [-0.39, 0.29) is 22.5 Å². The highest BCUT2D eigenvalue weighted by Crippen LogP contribution is 2.32. The number of anilines is 2. The van der Waals surface area contributed by atoms with Crippen molar-refractivity contribution in [2.24, 2.45) is 10.2 Å². The highest BCUT2D eigenvalue weighted by atomic mass is 32.2.